The van der Waals surface area contributed by atoms with E-state index in [0.29, 0.717) is 11.4 Å². The Kier molecular flexibility index (Phi) is 5.25. The van der Waals surface area contributed by atoms with Gasteiger partial charge in [-0.15, -0.1) is 0 Å². The molecule has 0 spiro atoms. The van der Waals surface area contributed by atoms with Gasteiger partial charge in [0.05, 0.1) is 12.7 Å². The van der Waals surface area contributed by atoms with Crippen LogP contribution < -0.4 is 10.1 Å². The van der Waals surface area contributed by atoms with Crippen LogP contribution in [0.25, 0.3) is 11.0 Å². The van der Waals surface area contributed by atoms with Gasteiger partial charge >= 0.3 is 0 Å². The first kappa shape index (κ1) is 19.1. The summed E-state index contributed by atoms with van der Waals surface area (Å²) in [7, 11) is 3.36. The Morgan fingerprint density at radius 3 is 2.55 bits per heavy atom. The largest absolute Gasteiger partial charge is 0.484 e. The molecule has 6 heteroatoms. The molecule has 29 heavy (non-hydrogen) atoms. The number of furan rings is 1. The molecule has 2 aromatic carbocycles. The van der Waals surface area contributed by atoms with E-state index in [1.54, 1.807) is 44.6 Å². The number of benzene rings is 2. The number of hydrogen-bond donors (Lipinski definition) is 1. The molecule has 0 saturated carbocycles. The Morgan fingerprint density at radius 2 is 1.83 bits per heavy atom. The maximum atomic E-state index is 12.5. The smallest absolute Gasteiger partial charge is 0.259 e. The topological polar surface area (TPSA) is 71.8 Å². The van der Waals surface area contributed by atoms with Crippen molar-refractivity contribution < 1.29 is 18.7 Å². The molecule has 3 aromatic rings. The first-order chi connectivity index (χ1) is 14.0. The lowest BCUT2D eigenvalue weighted by atomic mass is 10.0. The fraction of sp³-hybridized carbons (Fsp3) is 0.304. The van der Waals surface area contributed by atoms with Crippen molar-refractivity contribution in [3.63, 3.8) is 0 Å². The van der Waals surface area contributed by atoms with E-state index in [1.807, 2.05) is 0 Å². The Bertz CT molecular complexity index is 1050. The Balaban J connectivity index is 1.37. The molecule has 1 N–H and O–H groups in total. The van der Waals surface area contributed by atoms with Crippen molar-refractivity contribution in [3.05, 3.63) is 59.4 Å². The Labute approximate surface area is 169 Å². The monoisotopic (exact) mass is 392 g/mol. The second kappa shape index (κ2) is 7.99. The van der Waals surface area contributed by atoms with Gasteiger partial charge in [0.25, 0.3) is 5.91 Å². The molecule has 6 nitrogen and oxygen atoms in total. The minimum absolute atomic E-state index is 0.0179. The molecular weight excluding hydrogens is 368 g/mol. The molecule has 2 amide bonds. The number of aryl methyl sites for hydroxylation is 2. The number of nitrogens with one attached hydrogen (secondary N) is 1. The van der Waals surface area contributed by atoms with E-state index >= 15 is 0 Å². The van der Waals surface area contributed by atoms with Crippen LogP contribution in [0.3, 0.4) is 0 Å². The van der Waals surface area contributed by atoms with Gasteiger partial charge < -0.3 is 19.4 Å². The number of ether oxygens (including phenoxy) is 1. The molecule has 4 rings (SSSR count). The van der Waals surface area contributed by atoms with E-state index in [4.69, 9.17) is 9.15 Å². The molecule has 0 fully saturated rings. The minimum Gasteiger partial charge on any atom is -0.484 e. The van der Waals surface area contributed by atoms with E-state index in [-0.39, 0.29) is 24.8 Å². The molecule has 1 aliphatic carbocycles. The molecule has 0 aliphatic heterocycles. The van der Waals surface area contributed by atoms with Gasteiger partial charge in [-0.05, 0) is 66.8 Å². The fourth-order valence-electron chi connectivity index (χ4n) is 3.57. The molecule has 0 atom stereocenters. The van der Waals surface area contributed by atoms with Crippen molar-refractivity contribution in [1.82, 2.24) is 4.90 Å². The summed E-state index contributed by atoms with van der Waals surface area (Å²) in [6, 6.07) is 11.3. The van der Waals surface area contributed by atoms with E-state index in [9.17, 15) is 9.59 Å². The number of carbonyl (C=O) groups is 2. The highest BCUT2D eigenvalue weighted by molar-refractivity contribution is 5.95. The lowest BCUT2D eigenvalue weighted by molar-refractivity contribution is -0.130. The van der Waals surface area contributed by atoms with Crippen LogP contribution in [0, 0.1) is 0 Å². The average Bonchev–Trinajstić information content (AvgIpc) is 3.32. The van der Waals surface area contributed by atoms with E-state index in [2.05, 4.69) is 17.4 Å². The number of nitrogens with zero attached hydrogens (tertiary/aromatic N) is 1. The third-order valence-electron chi connectivity index (χ3n) is 5.22. The van der Waals surface area contributed by atoms with Gasteiger partial charge in [-0.1, -0.05) is 0 Å². The van der Waals surface area contributed by atoms with Crippen LogP contribution in [0.4, 0.5) is 5.69 Å². The highest BCUT2D eigenvalue weighted by Gasteiger charge is 2.17. The zero-order valence-electron chi connectivity index (χ0n) is 16.7. The summed E-state index contributed by atoms with van der Waals surface area (Å²) < 4.78 is 11.1. The summed E-state index contributed by atoms with van der Waals surface area (Å²) in [6.07, 6.45) is 5.31. The summed E-state index contributed by atoms with van der Waals surface area (Å²) in [6.45, 7) is -0.0179. The number of rotatable bonds is 6. The predicted molar refractivity (Wildman–Crippen MR) is 111 cm³/mol. The molecule has 0 unspecified atom stereocenters. The van der Waals surface area contributed by atoms with Crippen LogP contribution >= 0.6 is 0 Å². The van der Waals surface area contributed by atoms with Gasteiger partial charge in [-0.25, -0.2) is 0 Å². The summed E-state index contributed by atoms with van der Waals surface area (Å²) in [5.41, 5.74) is 5.15. The van der Waals surface area contributed by atoms with Crippen LogP contribution in [0.1, 0.15) is 23.1 Å². The van der Waals surface area contributed by atoms with Crippen molar-refractivity contribution in [1.29, 1.82) is 0 Å². The highest BCUT2D eigenvalue weighted by Crippen LogP contribution is 2.30. The SMILES string of the molecule is CN(C)C(=O)COc1ccc(NC(=O)Cc2coc3cc4c(cc23)CCC4)cc1. The van der Waals surface area contributed by atoms with Crippen LogP contribution in [-0.2, 0) is 28.9 Å². The van der Waals surface area contributed by atoms with Crippen molar-refractivity contribution in [2.45, 2.75) is 25.7 Å². The fourth-order valence-corrected chi connectivity index (χ4v) is 3.57. The first-order valence-electron chi connectivity index (χ1n) is 9.74. The molecule has 0 bridgehead atoms. The zero-order valence-corrected chi connectivity index (χ0v) is 16.7. The van der Waals surface area contributed by atoms with E-state index in [1.165, 1.54) is 22.4 Å². The summed E-state index contributed by atoms with van der Waals surface area (Å²) in [4.78, 5) is 25.5. The van der Waals surface area contributed by atoms with Gasteiger partial charge in [-0.3, -0.25) is 9.59 Å². The number of likely N-dealkylation sites (N-methyl/N-ethyl adjacent to an activating group) is 1. The third-order valence-corrected chi connectivity index (χ3v) is 5.22. The predicted octanol–water partition coefficient (Wildman–Crippen LogP) is 3.57. The summed E-state index contributed by atoms with van der Waals surface area (Å²) in [5.74, 6) is 0.359. The highest BCUT2D eigenvalue weighted by atomic mass is 16.5. The standard InChI is InChI=1S/C23H24N2O4/c1-25(2)23(27)14-28-19-8-6-18(7-9-19)24-22(26)12-17-13-29-21-11-16-5-3-4-15(16)10-20(17)21/h6-11,13H,3-5,12,14H2,1-2H3,(H,24,26). The van der Waals surface area contributed by atoms with Crippen molar-refractivity contribution in [2.24, 2.45) is 0 Å². The number of anilines is 1. The summed E-state index contributed by atoms with van der Waals surface area (Å²) in [5, 5.41) is 3.92. The second-order valence-corrected chi connectivity index (χ2v) is 7.56. The molecule has 0 radical (unpaired) electrons. The minimum atomic E-state index is -0.111. The number of fused-ring (bicyclic) bond motifs is 2. The second-order valence-electron chi connectivity index (χ2n) is 7.56. The lowest BCUT2D eigenvalue weighted by Crippen LogP contribution is -2.27. The van der Waals surface area contributed by atoms with Crippen molar-refractivity contribution in [3.8, 4) is 5.75 Å². The van der Waals surface area contributed by atoms with Crippen LogP contribution in [-0.4, -0.2) is 37.4 Å². The molecule has 1 aliphatic rings. The number of amides is 2. The quantitative estimate of drug-likeness (QED) is 0.696. The molecule has 1 aromatic heterocycles. The molecule has 0 saturated heterocycles. The van der Waals surface area contributed by atoms with Gasteiger partial charge in [0.1, 0.15) is 11.3 Å². The zero-order chi connectivity index (χ0) is 20.4. The van der Waals surface area contributed by atoms with Crippen LogP contribution in [0.5, 0.6) is 5.75 Å². The van der Waals surface area contributed by atoms with E-state index in [0.717, 1.165) is 29.4 Å². The molecule has 1 heterocycles. The number of hydrogen-bond acceptors (Lipinski definition) is 4. The van der Waals surface area contributed by atoms with Gasteiger partial charge in [0.2, 0.25) is 5.91 Å². The number of carbonyl (C=O) groups excluding carboxylic acids is 2. The molecular formula is C23H24N2O4. The van der Waals surface area contributed by atoms with Crippen LogP contribution in [0.2, 0.25) is 0 Å². The molecule has 150 valence electrons. The maximum Gasteiger partial charge on any atom is 0.259 e. The average molecular weight is 392 g/mol. The van der Waals surface area contributed by atoms with Gasteiger partial charge in [-0.2, -0.15) is 0 Å². The van der Waals surface area contributed by atoms with Gasteiger partial charge in [0.15, 0.2) is 6.61 Å². The normalized spacial score (nSPS) is 12.6. The summed E-state index contributed by atoms with van der Waals surface area (Å²) >= 11 is 0. The first-order valence-corrected chi connectivity index (χ1v) is 9.74. The Hall–Kier alpha value is -3.28. The van der Waals surface area contributed by atoms with Crippen molar-refractivity contribution >= 4 is 28.5 Å². The van der Waals surface area contributed by atoms with Crippen LogP contribution in [0.15, 0.2) is 47.1 Å². The Morgan fingerprint density at radius 1 is 1.10 bits per heavy atom. The third kappa shape index (κ3) is 4.26. The van der Waals surface area contributed by atoms with E-state index < -0.39 is 0 Å². The van der Waals surface area contributed by atoms with Crippen molar-refractivity contribution in [2.75, 3.05) is 26.0 Å². The lowest BCUT2D eigenvalue weighted by Gasteiger charge is -2.11. The maximum absolute atomic E-state index is 12.5. The van der Waals surface area contributed by atoms with Gasteiger partial charge in [0, 0.05) is 30.7 Å².